The molecule has 0 radical (unpaired) electrons. The quantitative estimate of drug-likeness (QED) is 0.216. The highest BCUT2D eigenvalue weighted by atomic mass is 35.5. The van der Waals surface area contributed by atoms with Crippen LogP contribution in [0.5, 0.6) is 11.5 Å². The number of carbonyl (C=O) groups is 1. The van der Waals surface area contributed by atoms with Crippen molar-refractivity contribution in [2.24, 2.45) is 5.92 Å². The smallest absolute Gasteiger partial charge is 0.387 e. The number of benzene rings is 1. The van der Waals surface area contributed by atoms with Crippen molar-refractivity contribution < 1.29 is 27.8 Å². The first-order valence-corrected chi connectivity index (χ1v) is 12.4. The molecule has 1 aliphatic heterocycles. The molecule has 0 aromatic heterocycles. The van der Waals surface area contributed by atoms with Gasteiger partial charge in [-0.25, -0.2) is 0 Å². The van der Waals surface area contributed by atoms with E-state index in [-0.39, 0.29) is 29.9 Å². The van der Waals surface area contributed by atoms with Gasteiger partial charge < -0.3 is 14.2 Å². The maximum atomic E-state index is 13.1. The van der Waals surface area contributed by atoms with Gasteiger partial charge in [0.25, 0.3) is 0 Å². The summed E-state index contributed by atoms with van der Waals surface area (Å²) in [6, 6.07) is 4.21. The van der Waals surface area contributed by atoms with E-state index in [2.05, 4.69) is 11.3 Å². The lowest BCUT2D eigenvalue weighted by atomic mass is 9.99. The number of rotatable bonds is 12. The summed E-state index contributed by atoms with van der Waals surface area (Å²) in [5, 5.41) is 0.729. The van der Waals surface area contributed by atoms with E-state index in [1.54, 1.807) is 25.1 Å². The van der Waals surface area contributed by atoms with Crippen LogP contribution in [0.25, 0.3) is 0 Å². The van der Waals surface area contributed by atoms with E-state index in [0.717, 1.165) is 25.8 Å². The highest BCUT2D eigenvalue weighted by Gasteiger charge is 2.32. The minimum Gasteiger partial charge on any atom is -0.489 e. The molecule has 0 spiro atoms. The van der Waals surface area contributed by atoms with Gasteiger partial charge in [-0.05, 0) is 75.4 Å². The molecule has 9 heteroatoms. The summed E-state index contributed by atoms with van der Waals surface area (Å²) >= 11 is 12.8. The van der Waals surface area contributed by atoms with Crippen molar-refractivity contribution in [2.75, 3.05) is 20.2 Å². The molecule has 0 amide bonds. The third-order valence-corrected chi connectivity index (χ3v) is 7.01. The molecule has 0 bridgehead atoms. The molecule has 0 N–H and O–H groups in total. The van der Waals surface area contributed by atoms with Crippen molar-refractivity contribution in [3.05, 3.63) is 58.1 Å². The SMILES string of the molecule is C=C/C(Cl)=C(C[C@H](OC(=O)[C@H]1CCCN1C)c1ccc(OC(F)F)c(OCC2CC2)c1)\C(Cl)=C/C. The fraction of sp³-hybridized carbons (Fsp3) is 0.500. The predicted molar refractivity (Wildman–Crippen MR) is 133 cm³/mol. The number of ether oxygens (including phenoxy) is 3. The lowest BCUT2D eigenvalue weighted by Crippen LogP contribution is -2.35. The van der Waals surface area contributed by atoms with E-state index in [1.165, 1.54) is 12.1 Å². The first-order chi connectivity index (χ1) is 16.7. The molecule has 1 saturated heterocycles. The Kier molecular flexibility index (Phi) is 10.0. The Morgan fingerprint density at radius 3 is 2.57 bits per heavy atom. The van der Waals surface area contributed by atoms with Crippen LogP contribution in [-0.4, -0.2) is 43.7 Å². The number of hydrogen-bond acceptors (Lipinski definition) is 5. The van der Waals surface area contributed by atoms with Crippen molar-refractivity contribution in [3.8, 4) is 11.5 Å². The minimum absolute atomic E-state index is 0.0728. The second-order valence-corrected chi connectivity index (χ2v) is 9.59. The molecular formula is C26H31Cl2F2NO4. The number of esters is 1. The number of nitrogens with zero attached hydrogens (tertiary/aromatic N) is 1. The Labute approximate surface area is 215 Å². The Morgan fingerprint density at radius 2 is 2.00 bits per heavy atom. The molecule has 1 aliphatic carbocycles. The fourth-order valence-electron chi connectivity index (χ4n) is 3.97. The number of allylic oxidation sites excluding steroid dienone is 4. The van der Waals surface area contributed by atoms with E-state index >= 15 is 0 Å². The van der Waals surface area contributed by atoms with Crippen molar-refractivity contribution in [3.63, 3.8) is 0 Å². The van der Waals surface area contributed by atoms with Gasteiger partial charge in [0.05, 0.1) is 6.61 Å². The zero-order valence-corrected chi connectivity index (χ0v) is 21.5. The van der Waals surface area contributed by atoms with Crippen LogP contribution < -0.4 is 9.47 Å². The minimum atomic E-state index is -3.00. The zero-order valence-electron chi connectivity index (χ0n) is 19.9. The maximum Gasteiger partial charge on any atom is 0.387 e. The van der Waals surface area contributed by atoms with Crippen LogP contribution >= 0.6 is 23.2 Å². The molecule has 2 aliphatic rings. The standard InChI is InChI=1S/C26H31Cl2F2NO4/c1-4-19(27)18(20(28)5-2)14-23(34-25(32)21-7-6-12-31(21)3)17-10-11-22(35-26(29)30)24(13-17)33-15-16-8-9-16/h4-5,10-11,13,16,21,23,26H,1,6-9,12,14-15H2,2-3H3/b19-18+,20-5+/t21-,23+/m1/s1. The van der Waals surface area contributed by atoms with Crippen LogP contribution in [0.3, 0.4) is 0 Å². The molecule has 192 valence electrons. The van der Waals surface area contributed by atoms with E-state index in [1.807, 2.05) is 11.9 Å². The number of likely N-dealkylation sites (tertiary alicyclic amines) is 1. The Hall–Kier alpha value is -2.09. The van der Waals surface area contributed by atoms with Gasteiger partial charge in [0.2, 0.25) is 0 Å². The monoisotopic (exact) mass is 529 g/mol. The first-order valence-electron chi connectivity index (χ1n) is 11.7. The van der Waals surface area contributed by atoms with Crippen molar-refractivity contribution >= 4 is 29.2 Å². The van der Waals surface area contributed by atoms with Gasteiger partial charge in [-0.3, -0.25) is 9.69 Å². The van der Waals surface area contributed by atoms with Crippen LogP contribution in [0.2, 0.25) is 0 Å². The summed E-state index contributed by atoms with van der Waals surface area (Å²) in [6.07, 6.45) is 6.20. The molecule has 0 unspecified atom stereocenters. The molecule has 1 aromatic carbocycles. The first kappa shape index (κ1) is 27.5. The lowest BCUT2D eigenvalue weighted by molar-refractivity contribution is -0.154. The summed E-state index contributed by atoms with van der Waals surface area (Å²) in [5.74, 6) is 0.135. The number of hydrogen-bond donors (Lipinski definition) is 0. The fourth-order valence-corrected chi connectivity index (χ4v) is 4.38. The van der Waals surface area contributed by atoms with Crippen LogP contribution in [0.4, 0.5) is 8.78 Å². The Balaban J connectivity index is 1.96. The molecule has 1 aromatic rings. The summed E-state index contributed by atoms with van der Waals surface area (Å²) in [7, 11) is 1.88. The topological polar surface area (TPSA) is 48.0 Å². The lowest BCUT2D eigenvalue weighted by Gasteiger charge is -2.25. The summed E-state index contributed by atoms with van der Waals surface area (Å²) in [5.41, 5.74) is 1.11. The second kappa shape index (κ2) is 12.7. The molecule has 3 rings (SSSR count). The maximum absolute atomic E-state index is 13.1. The van der Waals surface area contributed by atoms with E-state index in [4.69, 9.17) is 32.7 Å². The Bertz CT molecular complexity index is 978. The molecule has 2 atom stereocenters. The van der Waals surface area contributed by atoms with E-state index in [9.17, 15) is 13.6 Å². The predicted octanol–water partition coefficient (Wildman–Crippen LogP) is 6.97. The van der Waals surface area contributed by atoms with Crippen molar-refractivity contribution in [1.82, 2.24) is 4.90 Å². The summed E-state index contributed by atoms with van der Waals surface area (Å²) in [6.45, 7) is 3.70. The van der Waals surface area contributed by atoms with Gasteiger partial charge in [0, 0.05) is 16.5 Å². The van der Waals surface area contributed by atoms with Gasteiger partial charge in [-0.1, -0.05) is 48.0 Å². The van der Waals surface area contributed by atoms with E-state index < -0.39 is 12.7 Å². The zero-order chi connectivity index (χ0) is 25.5. The number of alkyl halides is 2. The van der Waals surface area contributed by atoms with Crippen molar-refractivity contribution in [1.29, 1.82) is 0 Å². The number of likely N-dealkylation sites (N-methyl/N-ethyl adjacent to an activating group) is 1. The van der Waals surface area contributed by atoms with Gasteiger partial charge in [0.1, 0.15) is 12.1 Å². The third kappa shape index (κ3) is 7.69. The molecule has 35 heavy (non-hydrogen) atoms. The summed E-state index contributed by atoms with van der Waals surface area (Å²) < 4.78 is 42.4. The van der Waals surface area contributed by atoms with Gasteiger partial charge in [-0.15, -0.1) is 0 Å². The van der Waals surface area contributed by atoms with Crippen LogP contribution in [0.1, 0.15) is 50.7 Å². The molecule has 2 fully saturated rings. The number of halogens is 4. The average Bonchev–Trinajstić information content (AvgIpc) is 3.57. The molecule has 1 heterocycles. The van der Waals surface area contributed by atoms with Crippen molar-refractivity contribution in [2.45, 2.75) is 57.8 Å². The van der Waals surface area contributed by atoms with Gasteiger partial charge in [0.15, 0.2) is 11.5 Å². The van der Waals surface area contributed by atoms with Gasteiger partial charge in [-0.2, -0.15) is 8.78 Å². The molecule has 1 saturated carbocycles. The van der Waals surface area contributed by atoms with Crippen LogP contribution in [-0.2, 0) is 9.53 Å². The highest BCUT2D eigenvalue weighted by Crippen LogP contribution is 2.39. The van der Waals surface area contributed by atoms with Gasteiger partial charge >= 0.3 is 12.6 Å². The van der Waals surface area contributed by atoms with Crippen LogP contribution in [0.15, 0.2) is 52.6 Å². The number of carbonyl (C=O) groups excluding carboxylic acids is 1. The second-order valence-electron chi connectivity index (χ2n) is 8.77. The highest BCUT2D eigenvalue weighted by molar-refractivity contribution is 6.36. The van der Waals surface area contributed by atoms with E-state index in [0.29, 0.717) is 40.1 Å². The largest absolute Gasteiger partial charge is 0.489 e. The average molecular weight is 530 g/mol. The molecular weight excluding hydrogens is 499 g/mol. The van der Waals surface area contributed by atoms with Crippen LogP contribution in [0, 0.1) is 5.92 Å². The third-order valence-electron chi connectivity index (χ3n) is 6.18. The molecule has 5 nitrogen and oxygen atoms in total. The summed E-state index contributed by atoms with van der Waals surface area (Å²) in [4.78, 5) is 15.0. The Morgan fingerprint density at radius 1 is 1.26 bits per heavy atom. The normalized spacial score (nSPS) is 20.4.